The van der Waals surface area contributed by atoms with Gasteiger partial charge in [0.2, 0.25) is 7.28 Å². The van der Waals surface area contributed by atoms with E-state index < -0.39 is 0 Å². The first kappa shape index (κ1) is 41.5. The van der Waals surface area contributed by atoms with E-state index in [0.717, 1.165) is 133 Å². The fourth-order valence-corrected chi connectivity index (χ4v) is 11.1. The number of hydrogen-bond acceptors (Lipinski definition) is 5. The average molecular weight is 919 g/mol. The van der Waals surface area contributed by atoms with Crippen LogP contribution in [0, 0.1) is 0 Å². The predicted molar refractivity (Wildman–Crippen MR) is 297 cm³/mol. The molecule has 13 aromatic rings. The Balaban J connectivity index is 1.02. The summed E-state index contributed by atoms with van der Waals surface area (Å²) < 4.78 is 22.9. The Morgan fingerprint density at radius 3 is 1.80 bits per heavy atom. The quantitative estimate of drug-likeness (QED) is 0.168. The molecule has 4 aromatic heterocycles. The van der Waals surface area contributed by atoms with Crippen LogP contribution < -0.4 is 21.3 Å². The maximum Gasteiger partial charge on any atom is 0.247 e. The lowest BCUT2D eigenvalue weighted by Gasteiger charge is -2.25. The largest absolute Gasteiger partial charge is 0.469 e. The smallest absolute Gasteiger partial charge is 0.247 e. The average Bonchev–Trinajstić information content (AvgIpc) is 4.12. The highest BCUT2D eigenvalue weighted by atomic mass is 16.3. The maximum absolute atomic E-state index is 6.99. The van der Waals surface area contributed by atoms with Gasteiger partial charge in [-0.05, 0) is 124 Å². The fraction of sp³-hybridized carbons (Fsp3) is 0.125. The van der Waals surface area contributed by atoms with Crippen molar-refractivity contribution in [3.05, 3.63) is 193 Å². The van der Waals surface area contributed by atoms with Crippen LogP contribution in [0.4, 0.5) is 28.4 Å². The molecule has 1 aliphatic rings. The molecule has 1 N–H and O–H groups in total. The van der Waals surface area contributed by atoms with Gasteiger partial charge < -0.3 is 28.0 Å². The second kappa shape index (κ2) is 15.0. The molecule has 0 atom stereocenters. The summed E-state index contributed by atoms with van der Waals surface area (Å²) in [5.41, 5.74) is 19.2. The summed E-state index contributed by atoms with van der Waals surface area (Å²) >= 11 is 0. The zero-order valence-electron chi connectivity index (χ0n) is 40.5. The van der Waals surface area contributed by atoms with Gasteiger partial charge in [-0.2, -0.15) is 0 Å². The Labute approximate surface area is 412 Å². The van der Waals surface area contributed by atoms with Crippen molar-refractivity contribution < 1.29 is 13.3 Å². The zero-order valence-corrected chi connectivity index (χ0v) is 40.5. The first-order valence-electron chi connectivity index (χ1n) is 24.6. The molecule has 14 rings (SSSR count). The minimum absolute atomic E-state index is 0.0274. The Hall–Kier alpha value is -8.42. The summed E-state index contributed by atoms with van der Waals surface area (Å²) in [6, 6.07) is 65.1. The van der Waals surface area contributed by atoms with E-state index in [9.17, 15) is 0 Å². The Morgan fingerprint density at radius 1 is 0.437 bits per heavy atom. The Kier molecular flexibility index (Phi) is 8.80. The molecule has 5 heterocycles. The number of rotatable bonds is 6. The number of hydrogen-bond donors (Lipinski definition) is 1. The molecule has 0 spiro atoms. The summed E-state index contributed by atoms with van der Waals surface area (Å²) in [4.78, 5) is 2.27. The lowest BCUT2D eigenvalue weighted by atomic mass is 9.62. The molecular weight excluding hydrogens is 870 g/mol. The van der Waals surface area contributed by atoms with Gasteiger partial charge in [-0.25, -0.2) is 0 Å². The van der Waals surface area contributed by atoms with E-state index >= 15 is 0 Å². The van der Waals surface area contributed by atoms with Crippen molar-refractivity contribution in [2.45, 2.75) is 52.4 Å². The third kappa shape index (κ3) is 6.49. The van der Waals surface area contributed by atoms with Crippen LogP contribution in [-0.2, 0) is 10.8 Å². The van der Waals surface area contributed by atoms with Crippen LogP contribution in [0.3, 0.4) is 0 Å². The fourth-order valence-electron chi connectivity index (χ4n) is 11.1. The third-order valence-corrected chi connectivity index (χ3v) is 14.7. The molecular formula is C64H49BN3O3. The number of benzene rings is 9. The molecule has 1 aliphatic heterocycles. The summed E-state index contributed by atoms with van der Waals surface area (Å²) in [6.07, 6.45) is 0. The van der Waals surface area contributed by atoms with Crippen LogP contribution in [0.15, 0.2) is 195 Å². The number of fused-ring (bicyclic) bond motifs is 13. The minimum Gasteiger partial charge on any atom is -0.469 e. The van der Waals surface area contributed by atoms with Gasteiger partial charge in [0, 0.05) is 83.3 Å². The lowest BCUT2D eigenvalue weighted by molar-refractivity contribution is 0.590. The van der Waals surface area contributed by atoms with E-state index in [-0.39, 0.29) is 10.8 Å². The lowest BCUT2D eigenvalue weighted by Crippen LogP contribution is -2.36. The Bertz CT molecular complexity index is 4260. The Morgan fingerprint density at radius 2 is 1.06 bits per heavy atom. The van der Waals surface area contributed by atoms with Crippen molar-refractivity contribution in [3.8, 4) is 16.8 Å². The molecule has 0 saturated heterocycles. The van der Waals surface area contributed by atoms with Crippen LogP contribution >= 0.6 is 0 Å². The molecule has 0 unspecified atom stereocenters. The van der Waals surface area contributed by atoms with E-state index in [4.69, 9.17) is 13.3 Å². The highest BCUT2D eigenvalue weighted by molar-refractivity contribution is 6.73. The number of anilines is 5. The molecule has 341 valence electrons. The first-order chi connectivity index (χ1) is 34.4. The second-order valence-electron chi connectivity index (χ2n) is 21.3. The van der Waals surface area contributed by atoms with Crippen molar-refractivity contribution in [1.29, 1.82) is 0 Å². The summed E-state index contributed by atoms with van der Waals surface area (Å²) in [7, 11) is 2.26. The molecule has 0 aliphatic carbocycles. The predicted octanol–water partition coefficient (Wildman–Crippen LogP) is 16.8. The monoisotopic (exact) mass is 918 g/mol. The first-order valence-corrected chi connectivity index (χ1v) is 24.6. The van der Waals surface area contributed by atoms with E-state index in [1.807, 2.05) is 6.07 Å². The number of nitrogens with zero attached hydrogens (tertiary/aromatic N) is 2. The van der Waals surface area contributed by atoms with Crippen LogP contribution in [0.2, 0.25) is 0 Å². The molecule has 7 heteroatoms. The van der Waals surface area contributed by atoms with Crippen LogP contribution in [0.25, 0.3) is 93.5 Å². The molecule has 71 heavy (non-hydrogen) atoms. The third-order valence-electron chi connectivity index (χ3n) is 14.7. The molecule has 0 bridgehead atoms. The standard InChI is InChI=1S/C64H49BN3O3/c1-63(2,3)37-21-24-39(25-22-37)66-52-33-49-44-27-26-42(67(40-15-9-7-10-16-40)41-17-11-8-12-18-41)32-56(44)70-57(49)35-47(52)45-28-29-46-48-36-58-50(43-19-13-14-20-54(43)69-58)34-53(48)68-60(46)59(45)65-62-61(68)51-31-38(64(4,5)6)23-30-55(51)71-62/h7-36,66H,1-6H3. The number of aromatic nitrogens is 1. The molecule has 1 radical (unpaired) electrons. The van der Waals surface area contributed by atoms with Crippen molar-refractivity contribution >= 4 is 123 Å². The molecule has 9 aromatic carbocycles. The van der Waals surface area contributed by atoms with E-state index in [2.05, 4.69) is 240 Å². The van der Waals surface area contributed by atoms with Crippen molar-refractivity contribution in [2.75, 3.05) is 10.2 Å². The highest BCUT2D eigenvalue weighted by Crippen LogP contribution is 2.46. The minimum atomic E-state index is -0.0474. The van der Waals surface area contributed by atoms with Crippen LogP contribution in [-0.4, -0.2) is 11.8 Å². The van der Waals surface area contributed by atoms with Gasteiger partial charge in [0.15, 0.2) is 0 Å². The summed E-state index contributed by atoms with van der Waals surface area (Å²) in [5, 5.41) is 11.6. The van der Waals surface area contributed by atoms with Gasteiger partial charge in [-0.3, -0.25) is 0 Å². The zero-order chi connectivity index (χ0) is 47.9. The molecule has 0 amide bonds. The summed E-state index contributed by atoms with van der Waals surface area (Å²) in [6.45, 7) is 13.6. The number of nitrogens with one attached hydrogen (secondary N) is 1. The SMILES string of the molecule is CC(C)(C)c1ccc(Nc2cc3c(cc2-c2ccc4c5cc6oc7ccccc7c6cc5n5c4c2[B]c2oc4ccc(C(C)(C)C)cc4c2-5)oc2cc(N(c4ccccc4)c4ccccc4)ccc23)cc1. The van der Waals surface area contributed by atoms with Crippen molar-refractivity contribution in [1.82, 2.24) is 4.57 Å². The van der Waals surface area contributed by atoms with E-state index in [1.165, 1.54) is 11.1 Å². The van der Waals surface area contributed by atoms with Gasteiger partial charge in [-0.1, -0.05) is 126 Å². The van der Waals surface area contributed by atoms with Crippen LogP contribution in [0.1, 0.15) is 52.7 Å². The highest BCUT2D eigenvalue weighted by Gasteiger charge is 2.32. The van der Waals surface area contributed by atoms with Gasteiger partial charge >= 0.3 is 0 Å². The van der Waals surface area contributed by atoms with Gasteiger partial charge in [-0.15, -0.1) is 0 Å². The van der Waals surface area contributed by atoms with Gasteiger partial charge in [0.1, 0.15) is 27.9 Å². The second-order valence-corrected chi connectivity index (χ2v) is 21.3. The molecule has 0 saturated carbocycles. The number of furan rings is 3. The van der Waals surface area contributed by atoms with Gasteiger partial charge in [0.25, 0.3) is 0 Å². The molecule has 0 fully saturated rings. The van der Waals surface area contributed by atoms with Gasteiger partial charge in [0.05, 0.1) is 16.9 Å². The van der Waals surface area contributed by atoms with Crippen molar-refractivity contribution in [2.24, 2.45) is 0 Å². The normalized spacial score (nSPS) is 12.8. The van der Waals surface area contributed by atoms with Crippen LogP contribution in [0.5, 0.6) is 0 Å². The number of para-hydroxylation sites is 3. The van der Waals surface area contributed by atoms with E-state index in [1.54, 1.807) is 0 Å². The molecule has 6 nitrogen and oxygen atoms in total. The van der Waals surface area contributed by atoms with E-state index in [0.29, 0.717) is 0 Å². The topological polar surface area (TPSA) is 59.6 Å². The maximum atomic E-state index is 6.99. The summed E-state index contributed by atoms with van der Waals surface area (Å²) in [5.74, 6) is 0. The van der Waals surface area contributed by atoms with Crippen molar-refractivity contribution in [3.63, 3.8) is 0 Å².